The number of benzene rings is 2. The maximum absolute atomic E-state index is 12.5. The number of esters is 1. The van der Waals surface area contributed by atoms with Crippen LogP contribution in [0.4, 0.5) is 5.69 Å². The van der Waals surface area contributed by atoms with Crippen LogP contribution in [-0.2, 0) is 14.8 Å². The van der Waals surface area contributed by atoms with Crippen molar-refractivity contribution in [3.05, 3.63) is 66.2 Å². The van der Waals surface area contributed by atoms with Crippen molar-refractivity contribution in [1.29, 1.82) is 0 Å². The summed E-state index contributed by atoms with van der Waals surface area (Å²) in [5.74, 6) is 0.00898. The minimum atomic E-state index is -3.84. The van der Waals surface area contributed by atoms with Crippen LogP contribution in [0.15, 0.2) is 65.6 Å². The maximum Gasteiger partial charge on any atom is 0.338 e. The Kier molecular flexibility index (Phi) is 5.82. The van der Waals surface area contributed by atoms with Gasteiger partial charge in [-0.25, -0.2) is 13.2 Å². The summed E-state index contributed by atoms with van der Waals surface area (Å²) < 4.78 is 37.5. The molecule has 0 aliphatic heterocycles. The number of hydrogen-bond acceptors (Lipinski definition) is 5. The molecule has 7 heteroatoms. The third-order valence-corrected chi connectivity index (χ3v) is 4.55. The van der Waals surface area contributed by atoms with Gasteiger partial charge >= 0.3 is 5.97 Å². The SMILES string of the molecule is C=C(C)COC(=O)c1cccc(S(=O)(=O)Nc2ccc(OC)cc2)c1. The maximum atomic E-state index is 12.5. The monoisotopic (exact) mass is 361 g/mol. The van der Waals surface area contributed by atoms with Crippen LogP contribution in [-0.4, -0.2) is 28.1 Å². The van der Waals surface area contributed by atoms with E-state index in [0.717, 1.165) is 0 Å². The zero-order chi connectivity index (χ0) is 18.4. The summed E-state index contributed by atoms with van der Waals surface area (Å²) in [7, 11) is -2.31. The first kappa shape index (κ1) is 18.5. The molecule has 0 aliphatic carbocycles. The smallest absolute Gasteiger partial charge is 0.338 e. The second-order valence-electron chi connectivity index (χ2n) is 5.40. The van der Waals surface area contributed by atoms with Gasteiger partial charge in [-0.05, 0) is 55.0 Å². The predicted molar refractivity (Wildman–Crippen MR) is 95.3 cm³/mol. The molecule has 0 amide bonds. The topological polar surface area (TPSA) is 81.7 Å². The van der Waals surface area contributed by atoms with E-state index in [1.165, 1.54) is 31.4 Å². The van der Waals surface area contributed by atoms with Crippen molar-refractivity contribution in [2.45, 2.75) is 11.8 Å². The number of rotatable bonds is 7. The van der Waals surface area contributed by atoms with Crippen molar-refractivity contribution in [2.24, 2.45) is 0 Å². The number of methoxy groups -OCH3 is 1. The van der Waals surface area contributed by atoms with E-state index in [-0.39, 0.29) is 17.1 Å². The molecule has 0 atom stereocenters. The highest BCUT2D eigenvalue weighted by atomic mass is 32.2. The van der Waals surface area contributed by atoms with E-state index in [1.54, 1.807) is 31.2 Å². The van der Waals surface area contributed by atoms with E-state index >= 15 is 0 Å². The van der Waals surface area contributed by atoms with Gasteiger partial charge in [0, 0.05) is 5.69 Å². The van der Waals surface area contributed by atoms with Crippen molar-refractivity contribution in [1.82, 2.24) is 0 Å². The zero-order valence-electron chi connectivity index (χ0n) is 14.0. The summed E-state index contributed by atoms with van der Waals surface area (Å²) in [5, 5.41) is 0. The third kappa shape index (κ3) is 5.09. The molecule has 0 heterocycles. The molecule has 2 rings (SSSR count). The molecule has 0 saturated carbocycles. The highest BCUT2D eigenvalue weighted by Gasteiger charge is 2.17. The molecule has 1 N–H and O–H groups in total. The molecule has 0 unspecified atom stereocenters. The van der Waals surface area contributed by atoms with E-state index in [1.807, 2.05) is 0 Å². The van der Waals surface area contributed by atoms with E-state index in [0.29, 0.717) is 17.0 Å². The summed E-state index contributed by atoms with van der Waals surface area (Å²) in [6.07, 6.45) is 0. The van der Waals surface area contributed by atoms with Crippen LogP contribution >= 0.6 is 0 Å². The summed E-state index contributed by atoms with van der Waals surface area (Å²) in [6.45, 7) is 5.46. The number of ether oxygens (including phenoxy) is 2. The lowest BCUT2D eigenvalue weighted by Gasteiger charge is -2.10. The van der Waals surface area contributed by atoms with Crippen molar-refractivity contribution in [3.63, 3.8) is 0 Å². The number of anilines is 1. The molecule has 25 heavy (non-hydrogen) atoms. The molecule has 0 saturated heterocycles. The van der Waals surface area contributed by atoms with E-state index in [9.17, 15) is 13.2 Å². The first-order chi connectivity index (χ1) is 11.8. The molecule has 0 radical (unpaired) electrons. The standard InChI is InChI=1S/C18H19NO5S/c1-13(2)12-24-18(20)14-5-4-6-17(11-14)25(21,22)19-15-7-9-16(23-3)10-8-15/h4-11,19H,1,12H2,2-3H3. The Labute approximate surface area is 147 Å². The van der Waals surface area contributed by atoms with Gasteiger partial charge in [0.15, 0.2) is 0 Å². The summed E-state index contributed by atoms with van der Waals surface area (Å²) in [6, 6.07) is 12.1. The van der Waals surface area contributed by atoms with Gasteiger partial charge in [-0.1, -0.05) is 12.6 Å². The van der Waals surface area contributed by atoms with E-state index < -0.39 is 16.0 Å². The van der Waals surface area contributed by atoms with Crippen molar-refractivity contribution >= 4 is 21.7 Å². The van der Waals surface area contributed by atoms with E-state index in [2.05, 4.69) is 11.3 Å². The normalized spacial score (nSPS) is 10.8. The van der Waals surface area contributed by atoms with Crippen LogP contribution in [0.5, 0.6) is 5.75 Å². The molecule has 132 valence electrons. The van der Waals surface area contributed by atoms with Crippen LogP contribution in [0.25, 0.3) is 0 Å². The van der Waals surface area contributed by atoms with Crippen LogP contribution in [0.1, 0.15) is 17.3 Å². The summed E-state index contributed by atoms with van der Waals surface area (Å²) >= 11 is 0. The Balaban J connectivity index is 2.19. The fourth-order valence-electron chi connectivity index (χ4n) is 1.94. The minimum Gasteiger partial charge on any atom is -0.497 e. The second-order valence-corrected chi connectivity index (χ2v) is 7.08. The first-order valence-electron chi connectivity index (χ1n) is 7.40. The van der Waals surface area contributed by atoms with Crippen LogP contribution in [0, 0.1) is 0 Å². The van der Waals surface area contributed by atoms with Crippen molar-refractivity contribution in [2.75, 3.05) is 18.4 Å². The molecule has 2 aromatic rings. The van der Waals surface area contributed by atoms with Crippen LogP contribution < -0.4 is 9.46 Å². The fraction of sp³-hybridized carbons (Fsp3) is 0.167. The summed E-state index contributed by atoms with van der Waals surface area (Å²) in [4.78, 5) is 11.9. The third-order valence-electron chi connectivity index (χ3n) is 3.17. The highest BCUT2D eigenvalue weighted by molar-refractivity contribution is 7.92. The van der Waals surface area contributed by atoms with Gasteiger partial charge in [0.2, 0.25) is 0 Å². The van der Waals surface area contributed by atoms with Crippen LogP contribution in [0.3, 0.4) is 0 Å². The van der Waals surface area contributed by atoms with Gasteiger partial charge in [-0.3, -0.25) is 4.72 Å². The first-order valence-corrected chi connectivity index (χ1v) is 8.88. The van der Waals surface area contributed by atoms with Crippen molar-refractivity contribution in [3.8, 4) is 5.75 Å². The van der Waals surface area contributed by atoms with E-state index in [4.69, 9.17) is 9.47 Å². The average molecular weight is 361 g/mol. The van der Waals surface area contributed by atoms with Crippen LogP contribution in [0.2, 0.25) is 0 Å². The number of nitrogens with one attached hydrogen (secondary N) is 1. The Morgan fingerprint density at radius 1 is 1.16 bits per heavy atom. The van der Waals surface area contributed by atoms with Gasteiger partial charge in [-0.2, -0.15) is 0 Å². The van der Waals surface area contributed by atoms with Gasteiger partial charge in [0.05, 0.1) is 17.6 Å². The molecule has 0 bridgehead atoms. The number of sulfonamides is 1. The molecule has 6 nitrogen and oxygen atoms in total. The minimum absolute atomic E-state index is 0.0342. The Morgan fingerprint density at radius 2 is 1.84 bits per heavy atom. The lowest BCUT2D eigenvalue weighted by Crippen LogP contribution is -2.14. The second kappa shape index (κ2) is 7.85. The number of carbonyl (C=O) groups excluding carboxylic acids is 1. The number of hydrogen-bond donors (Lipinski definition) is 1. The molecular weight excluding hydrogens is 342 g/mol. The highest BCUT2D eigenvalue weighted by Crippen LogP contribution is 2.20. The molecular formula is C18H19NO5S. The molecule has 2 aromatic carbocycles. The Morgan fingerprint density at radius 3 is 2.44 bits per heavy atom. The van der Waals surface area contributed by atoms with Crippen molar-refractivity contribution < 1.29 is 22.7 Å². The van der Waals surface area contributed by atoms with Gasteiger partial charge in [0.1, 0.15) is 12.4 Å². The molecule has 0 aromatic heterocycles. The quantitative estimate of drug-likeness (QED) is 0.605. The van der Waals surface area contributed by atoms with Gasteiger partial charge in [0.25, 0.3) is 10.0 Å². The fourth-order valence-corrected chi connectivity index (χ4v) is 3.04. The summed E-state index contributed by atoms with van der Waals surface area (Å²) in [5.41, 5.74) is 1.23. The molecule has 0 aliphatic rings. The Hall–Kier alpha value is -2.80. The molecule has 0 spiro atoms. The largest absolute Gasteiger partial charge is 0.497 e. The lowest BCUT2D eigenvalue weighted by molar-refractivity contribution is 0.0540. The zero-order valence-corrected chi connectivity index (χ0v) is 14.8. The predicted octanol–water partition coefficient (Wildman–Crippen LogP) is 3.23. The Bertz CT molecular complexity index is 873. The van der Waals surface area contributed by atoms with Gasteiger partial charge < -0.3 is 9.47 Å². The average Bonchev–Trinajstić information content (AvgIpc) is 2.60. The van der Waals surface area contributed by atoms with Gasteiger partial charge in [-0.15, -0.1) is 0 Å². The number of carbonyl (C=O) groups is 1. The lowest BCUT2D eigenvalue weighted by atomic mass is 10.2. The molecule has 0 fully saturated rings.